The van der Waals surface area contributed by atoms with E-state index < -0.39 is 0 Å². The van der Waals surface area contributed by atoms with Crippen molar-refractivity contribution in [1.82, 2.24) is 19.7 Å². The number of pyridine rings is 1. The summed E-state index contributed by atoms with van der Waals surface area (Å²) in [6.45, 7) is 7.61. The van der Waals surface area contributed by atoms with Gasteiger partial charge in [0.05, 0.1) is 12.3 Å². The molecule has 0 amide bonds. The Bertz CT molecular complexity index is 665. The topological polar surface area (TPSA) is 43.2 Å². The van der Waals surface area contributed by atoms with Crippen LogP contribution in [0.15, 0.2) is 30.7 Å². The van der Waals surface area contributed by atoms with Gasteiger partial charge in [0.25, 0.3) is 0 Å². The first-order chi connectivity index (χ1) is 11.8. The lowest BCUT2D eigenvalue weighted by molar-refractivity contribution is 0.105. The molecule has 0 N–H and O–H groups in total. The van der Waals surface area contributed by atoms with Gasteiger partial charge >= 0.3 is 0 Å². The molecule has 1 atom stereocenters. The highest BCUT2D eigenvalue weighted by Gasteiger charge is 2.30. The van der Waals surface area contributed by atoms with Crippen molar-refractivity contribution in [3.8, 4) is 0 Å². The van der Waals surface area contributed by atoms with E-state index in [1.165, 1.54) is 29.7 Å². The second-order valence-electron chi connectivity index (χ2n) is 7.08. The molecule has 0 radical (unpaired) electrons. The summed E-state index contributed by atoms with van der Waals surface area (Å²) in [6, 6.07) is 4.19. The molecule has 2 aromatic rings. The number of fused-ring (bicyclic) bond motifs is 1. The fourth-order valence-corrected chi connectivity index (χ4v) is 3.55. The minimum Gasteiger partial charge on any atom is -0.381 e. The normalized spacial score (nSPS) is 21.0. The average molecular weight is 326 g/mol. The molecular formula is C19H26N4O. The monoisotopic (exact) mass is 326 g/mol. The first kappa shape index (κ1) is 15.8. The fraction of sp³-hybridized carbons (Fsp3) is 0.579. The number of rotatable bonds is 7. The van der Waals surface area contributed by atoms with Crippen LogP contribution in [0.25, 0.3) is 0 Å². The SMILES string of the molecule is CCOC[C@@H]1CN(Cc2ccncc2)Cc2nn(CC3CC3)cc21. The van der Waals surface area contributed by atoms with Crippen molar-refractivity contribution >= 4 is 0 Å². The van der Waals surface area contributed by atoms with Crippen LogP contribution in [-0.4, -0.2) is 39.4 Å². The van der Waals surface area contributed by atoms with E-state index in [0.29, 0.717) is 5.92 Å². The third-order valence-corrected chi connectivity index (χ3v) is 4.98. The Balaban J connectivity index is 1.51. The number of nitrogens with zero attached hydrogens (tertiary/aromatic N) is 4. The van der Waals surface area contributed by atoms with Crippen LogP contribution in [0.2, 0.25) is 0 Å². The molecule has 128 valence electrons. The van der Waals surface area contributed by atoms with Crippen molar-refractivity contribution in [2.45, 2.75) is 45.3 Å². The lowest BCUT2D eigenvalue weighted by atomic mass is 9.95. The van der Waals surface area contributed by atoms with Gasteiger partial charge in [-0.3, -0.25) is 14.6 Å². The summed E-state index contributed by atoms with van der Waals surface area (Å²) < 4.78 is 7.94. The molecule has 0 aromatic carbocycles. The minimum atomic E-state index is 0.420. The molecule has 0 bridgehead atoms. The molecule has 0 saturated heterocycles. The number of aromatic nitrogens is 3. The Morgan fingerprint density at radius 1 is 1.25 bits per heavy atom. The average Bonchev–Trinajstić information content (AvgIpc) is 3.31. The summed E-state index contributed by atoms with van der Waals surface area (Å²) in [5.74, 6) is 1.27. The van der Waals surface area contributed by atoms with Crippen LogP contribution < -0.4 is 0 Å². The van der Waals surface area contributed by atoms with E-state index in [1.54, 1.807) is 0 Å². The third kappa shape index (κ3) is 3.68. The number of hydrogen-bond acceptors (Lipinski definition) is 4. The summed E-state index contributed by atoms with van der Waals surface area (Å²) >= 11 is 0. The molecular weight excluding hydrogens is 300 g/mol. The summed E-state index contributed by atoms with van der Waals surface area (Å²) in [7, 11) is 0. The molecule has 1 fully saturated rings. The van der Waals surface area contributed by atoms with Gasteiger partial charge in [0, 0.05) is 62.9 Å². The van der Waals surface area contributed by atoms with Crippen molar-refractivity contribution < 1.29 is 4.74 Å². The molecule has 2 aromatic heterocycles. The summed E-state index contributed by atoms with van der Waals surface area (Å²) in [4.78, 5) is 6.59. The maximum Gasteiger partial charge on any atom is 0.0801 e. The van der Waals surface area contributed by atoms with E-state index in [9.17, 15) is 0 Å². The predicted molar refractivity (Wildman–Crippen MR) is 92.5 cm³/mol. The molecule has 0 unspecified atom stereocenters. The maximum atomic E-state index is 5.76. The van der Waals surface area contributed by atoms with Gasteiger partial charge in [0.15, 0.2) is 0 Å². The summed E-state index contributed by atoms with van der Waals surface area (Å²) in [5, 5.41) is 4.89. The molecule has 1 saturated carbocycles. The van der Waals surface area contributed by atoms with Crippen LogP contribution in [0.3, 0.4) is 0 Å². The molecule has 5 heteroatoms. The second-order valence-corrected chi connectivity index (χ2v) is 7.08. The molecule has 5 nitrogen and oxygen atoms in total. The number of ether oxygens (including phenoxy) is 1. The first-order valence-corrected chi connectivity index (χ1v) is 9.07. The predicted octanol–water partition coefficient (Wildman–Crippen LogP) is 2.82. The summed E-state index contributed by atoms with van der Waals surface area (Å²) in [5.41, 5.74) is 3.94. The lowest BCUT2D eigenvalue weighted by Crippen LogP contribution is -2.34. The van der Waals surface area contributed by atoms with Gasteiger partial charge in [-0.05, 0) is 43.4 Å². The zero-order valence-electron chi connectivity index (χ0n) is 14.4. The highest BCUT2D eigenvalue weighted by atomic mass is 16.5. The quantitative estimate of drug-likeness (QED) is 0.785. The smallest absolute Gasteiger partial charge is 0.0801 e. The van der Waals surface area contributed by atoms with Crippen molar-refractivity contribution in [3.05, 3.63) is 47.5 Å². The van der Waals surface area contributed by atoms with E-state index in [4.69, 9.17) is 9.84 Å². The molecule has 24 heavy (non-hydrogen) atoms. The van der Waals surface area contributed by atoms with Crippen LogP contribution >= 0.6 is 0 Å². The standard InChI is InChI=1S/C19H26N4O/c1-2-24-14-17-11-22(9-16-5-7-20-8-6-16)13-19-18(17)12-23(21-19)10-15-3-4-15/h5-8,12,15,17H,2-4,9-11,13-14H2,1H3/t17-/m0/s1. The number of hydrogen-bond donors (Lipinski definition) is 0. The van der Waals surface area contributed by atoms with Crippen molar-refractivity contribution in [2.24, 2.45) is 5.92 Å². The Morgan fingerprint density at radius 2 is 2.08 bits per heavy atom. The van der Waals surface area contributed by atoms with E-state index in [-0.39, 0.29) is 0 Å². The highest BCUT2D eigenvalue weighted by Crippen LogP contribution is 2.33. The van der Waals surface area contributed by atoms with Gasteiger partial charge in [-0.1, -0.05) is 0 Å². The van der Waals surface area contributed by atoms with E-state index in [2.05, 4.69) is 39.8 Å². The van der Waals surface area contributed by atoms with Gasteiger partial charge < -0.3 is 4.74 Å². The zero-order valence-corrected chi connectivity index (χ0v) is 14.4. The van der Waals surface area contributed by atoms with Gasteiger partial charge in [-0.15, -0.1) is 0 Å². The molecule has 1 aliphatic heterocycles. The Labute approximate surface area is 143 Å². The van der Waals surface area contributed by atoms with Crippen LogP contribution in [0.4, 0.5) is 0 Å². The van der Waals surface area contributed by atoms with Crippen LogP contribution in [0.1, 0.15) is 42.5 Å². The molecule has 3 heterocycles. The largest absolute Gasteiger partial charge is 0.381 e. The van der Waals surface area contributed by atoms with Crippen LogP contribution in [0.5, 0.6) is 0 Å². The Kier molecular flexibility index (Phi) is 4.63. The fourth-order valence-electron chi connectivity index (χ4n) is 3.55. The Hall–Kier alpha value is -1.72. The van der Waals surface area contributed by atoms with Crippen molar-refractivity contribution in [2.75, 3.05) is 19.8 Å². The second kappa shape index (κ2) is 7.03. The first-order valence-electron chi connectivity index (χ1n) is 9.07. The van der Waals surface area contributed by atoms with E-state index in [0.717, 1.165) is 45.3 Å². The zero-order chi connectivity index (χ0) is 16.4. The maximum absolute atomic E-state index is 5.76. The molecule has 4 rings (SSSR count). The van der Waals surface area contributed by atoms with Crippen molar-refractivity contribution in [1.29, 1.82) is 0 Å². The van der Waals surface area contributed by atoms with Gasteiger partial charge in [-0.25, -0.2) is 0 Å². The van der Waals surface area contributed by atoms with Gasteiger partial charge in [0.1, 0.15) is 0 Å². The lowest BCUT2D eigenvalue weighted by Gasteiger charge is -2.31. The van der Waals surface area contributed by atoms with Gasteiger partial charge in [-0.2, -0.15) is 5.10 Å². The molecule has 1 aliphatic carbocycles. The minimum absolute atomic E-state index is 0.420. The Morgan fingerprint density at radius 3 is 2.83 bits per heavy atom. The van der Waals surface area contributed by atoms with Crippen molar-refractivity contribution in [3.63, 3.8) is 0 Å². The highest BCUT2D eigenvalue weighted by molar-refractivity contribution is 5.26. The molecule has 2 aliphatic rings. The molecule has 0 spiro atoms. The third-order valence-electron chi connectivity index (χ3n) is 4.98. The van der Waals surface area contributed by atoms with Gasteiger partial charge in [0.2, 0.25) is 0 Å². The van der Waals surface area contributed by atoms with E-state index >= 15 is 0 Å². The van der Waals surface area contributed by atoms with E-state index in [1.807, 2.05) is 12.4 Å². The van der Waals surface area contributed by atoms with Crippen LogP contribution in [0, 0.1) is 5.92 Å². The van der Waals surface area contributed by atoms with Crippen LogP contribution in [-0.2, 0) is 24.4 Å². The summed E-state index contributed by atoms with van der Waals surface area (Å²) in [6.07, 6.45) is 8.74.